The van der Waals surface area contributed by atoms with Gasteiger partial charge in [0.25, 0.3) is 0 Å². The molecular weight excluding hydrogens is 374 g/mol. The second-order valence-corrected chi connectivity index (χ2v) is 7.94. The molecule has 30 heavy (non-hydrogen) atoms. The molecule has 0 unspecified atom stereocenters. The molecule has 1 atom stereocenters. The lowest BCUT2D eigenvalue weighted by Crippen LogP contribution is -2.43. The summed E-state index contributed by atoms with van der Waals surface area (Å²) in [6.45, 7) is 6.27. The highest BCUT2D eigenvalue weighted by Crippen LogP contribution is 2.24. The molecule has 1 saturated heterocycles. The van der Waals surface area contributed by atoms with E-state index >= 15 is 0 Å². The monoisotopic (exact) mass is 401 g/mol. The number of pyridine rings is 1. The first-order chi connectivity index (χ1) is 14.6. The zero-order valence-corrected chi connectivity index (χ0v) is 17.5. The van der Waals surface area contributed by atoms with Crippen molar-refractivity contribution in [2.24, 2.45) is 5.92 Å². The van der Waals surface area contributed by atoms with Crippen LogP contribution in [0.15, 0.2) is 54.9 Å². The number of carbonyl (C=O) groups is 1. The molecule has 4 rings (SSSR count). The van der Waals surface area contributed by atoms with Gasteiger partial charge in [-0.15, -0.1) is 10.2 Å². The van der Waals surface area contributed by atoms with Crippen molar-refractivity contribution in [3.8, 4) is 11.3 Å². The molecule has 1 aliphatic rings. The Kier molecular flexibility index (Phi) is 6.02. The van der Waals surface area contributed by atoms with E-state index in [1.807, 2.05) is 24.3 Å². The molecule has 1 amide bonds. The van der Waals surface area contributed by atoms with Crippen LogP contribution in [0.4, 0.5) is 5.82 Å². The number of piperidine rings is 1. The van der Waals surface area contributed by atoms with Crippen molar-refractivity contribution in [1.82, 2.24) is 20.5 Å². The number of hydrogen-bond donors (Lipinski definition) is 1. The topological polar surface area (TPSA) is 71.0 Å². The van der Waals surface area contributed by atoms with Crippen molar-refractivity contribution < 1.29 is 4.79 Å². The van der Waals surface area contributed by atoms with Crippen molar-refractivity contribution in [3.05, 3.63) is 71.5 Å². The van der Waals surface area contributed by atoms with Gasteiger partial charge in [0.2, 0.25) is 5.91 Å². The summed E-state index contributed by atoms with van der Waals surface area (Å²) in [5, 5.41) is 11.9. The van der Waals surface area contributed by atoms with Crippen LogP contribution in [-0.4, -0.2) is 34.2 Å². The predicted octanol–water partition coefficient (Wildman–Crippen LogP) is 3.69. The Labute approximate surface area is 177 Å². The summed E-state index contributed by atoms with van der Waals surface area (Å²) in [6.07, 6.45) is 5.37. The van der Waals surface area contributed by atoms with Gasteiger partial charge in [-0.2, -0.15) is 0 Å². The SMILES string of the molecule is Cc1ccc(-c2ccc(N3CCC[C@H](C(=O)NCc4cccnc4)C3)nn2)cc1C. The highest BCUT2D eigenvalue weighted by Gasteiger charge is 2.26. The Morgan fingerprint density at radius 2 is 2.03 bits per heavy atom. The van der Waals surface area contributed by atoms with E-state index in [-0.39, 0.29) is 11.8 Å². The minimum atomic E-state index is -0.0448. The van der Waals surface area contributed by atoms with E-state index in [0.29, 0.717) is 13.1 Å². The number of aromatic nitrogens is 3. The van der Waals surface area contributed by atoms with Crippen molar-refractivity contribution in [1.29, 1.82) is 0 Å². The van der Waals surface area contributed by atoms with Gasteiger partial charge in [-0.05, 0) is 67.6 Å². The molecule has 0 aliphatic carbocycles. The standard InChI is InChI=1S/C24H27N5O/c1-17-7-8-20(13-18(17)2)22-9-10-23(28-27-22)29-12-4-6-21(16-29)24(30)26-15-19-5-3-11-25-14-19/h3,5,7-11,13-14,21H,4,6,12,15-16H2,1-2H3,(H,26,30)/t21-/m0/s1. The first-order valence-corrected chi connectivity index (χ1v) is 10.4. The Hall–Kier alpha value is -3.28. The number of amides is 1. The summed E-state index contributed by atoms with van der Waals surface area (Å²) >= 11 is 0. The normalized spacial score (nSPS) is 16.3. The number of nitrogens with one attached hydrogen (secondary N) is 1. The van der Waals surface area contributed by atoms with Crippen molar-refractivity contribution in [3.63, 3.8) is 0 Å². The molecule has 0 saturated carbocycles. The molecule has 3 aromatic rings. The molecule has 0 spiro atoms. The van der Waals surface area contributed by atoms with E-state index in [9.17, 15) is 4.79 Å². The average molecular weight is 402 g/mol. The molecule has 154 valence electrons. The van der Waals surface area contributed by atoms with E-state index in [2.05, 4.69) is 57.4 Å². The van der Waals surface area contributed by atoms with Gasteiger partial charge < -0.3 is 10.2 Å². The number of carbonyl (C=O) groups excluding carboxylic acids is 1. The van der Waals surface area contributed by atoms with Gasteiger partial charge in [0.05, 0.1) is 11.6 Å². The van der Waals surface area contributed by atoms with Gasteiger partial charge in [-0.3, -0.25) is 9.78 Å². The van der Waals surface area contributed by atoms with E-state index in [1.54, 1.807) is 12.4 Å². The molecule has 1 aliphatic heterocycles. The Morgan fingerprint density at radius 1 is 1.13 bits per heavy atom. The van der Waals surface area contributed by atoms with Crippen LogP contribution < -0.4 is 10.2 Å². The number of anilines is 1. The second-order valence-electron chi connectivity index (χ2n) is 7.94. The molecule has 6 nitrogen and oxygen atoms in total. The Balaban J connectivity index is 1.39. The number of aryl methyl sites for hydroxylation is 2. The largest absolute Gasteiger partial charge is 0.354 e. The van der Waals surface area contributed by atoms with Crippen LogP contribution >= 0.6 is 0 Å². The fourth-order valence-electron chi connectivity index (χ4n) is 3.78. The summed E-state index contributed by atoms with van der Waals surface area (Å²) in [4.78, 5) is 18.9. The minimum absolute atomic E-state index is 0.0448. The van der Waals surface area contributed by atoms with E-state index in [0.717, 1.165) is 42.0 Å². The van der Waals surface area contributed by atoms with E-state index in [4.69, 9.17) is 0 Å². The second kappa shape index (κ2) is 9.03. The van der Waals surface area contributed by atoms with Crippen LogP contribution in [0.25, 0.3) is 11.3 Å². The molecule has 1 aromatic carbocycles. The van der Waals surface area contributed by atoms with Crippen LogP contribution in [0.3, 0.4) is 0 Å². The van der Waals surface area contributed by atoms with Gasteiger partial charge in [0.1, 0.15) is 0 Å². The minimum Gasteiger partial charge on any atom is -0.354 e. The van der Waals surface area contributed by atoms with Gasteiger partial charge in [0, 0.05) is 37.6 Å². The molecule has 0 radical (unpaired) electrons. The number of nitrogens with zero attached hydrogens (tertiary/aromatic N) is 4. The third-order valence-electron chi connectivity index (χ3n) is 5.76. The maximum Gasteiger partial charge on any atom is 0.225 e. The number of benzene rings is 1. The molecule has 1 N–H and O–H groups in total. The fraction of sp³-hybridized carbons (Fsp3) is 0.333. The summed E-state index contributed by atoms with van der Waals surface area (Å²) in [5.41, 5.74) is 5.46. The lowest BCUT2D eigenvalue weighted by molar-refractivity contribution is -0.125. The van der Waals surface area contributed by atoms with Crippen molar-refractivity contribution >= 4 is 11.7 Å². The summed E-state index contributed by atoms with van der Waals surface area (Å²) in [6, 6.07) is 14.2. The third-order valence-corrected chi connectivity index (χ3v) is 5.76. The quantitative estimate of drug-likeness (QED) is 0.706. The molecule has 3 heterocycles. The Bertz CT molecular complexity index is 1000. The average Bonchev–Trinajstić information content (AvgIpc) is 2.80. The zero-order chi connectivity index (χ0) is 20.9. The van der Waals surface area contributed by atoms with E-state index < -0.39 is 0 Å². The summed E-state index contributed by atoms with van der Waals surface area (Å²) in [7, 11) is 0. The van der Waals surface area contributed by atoms with Crippen molar-refractivity contribution in [2.45, 2.75) is 33.2 Å². The smallest absolute Gasteiger partial charge is 0.225 e. The summed E-state index contributed by atoms with van der Waals surface area (Å²) < 4.78 is 0. The lowest BCUT2D eigenvalue weighted by Gasteiger charge is -2.32. The number of rotatable bonds is 5. The van der Waals surface area contributed by atoms with Gasteiger partial charge in [-0.25, -0.2) is 0 Å². The van der Waals surface area contributed by atoms with Crippen molar-refractivity contribution in [2.75, 3.05) is 18.0 Å². The maximum absolute atomic E-state index is 12.7. The van der Waals surface area contributed by atoms with Crippen LogP contribution in [-0.2, 0) is 11.3 Å². The van der Waals surface area contributed by atoms with Gasteiger partial charge in [-0.1, -0.05) is 18.2 Å². The molecule has 6 heteroatoms. The highest BCUT2D eigenvalue weighted by atomic mass is 16.1. The molecular formula is C24H27N5O. The first kappa shape index (κ1) is 20.0. The molecule has 1 fully saturated rings. The summed E-state index contributed by atoms with van der Waals surface area (Å²) in [5.74, 6) is 0.868. The van der Waals surface area contributed by atoms with Crippen LogP contribution in [0, 0.1) is 19.8 Å². The fourth-order valence-corrected chi connectivity index (χ4v) is 3.78. The van der Waals surface area contributed by atoms with Crippen LogP contribution in [0.5, 0.6) is 0 Å². The van der Waals surface area contributed by atoms with Gasteiger partial charge >= 0.3 is 0 Å². The molecule has 0 bridgehead atoms. The van der Waals surface area contributed by atoms with Crippen LogP contribution in [0.2, 0.25) is 0 Å². The highest BCUT2D eigenvalue weighted by molar-refractivity contribution is 5.79. The van der Waals surface area contributed by atoms with E-state index in [1.165, 1.54) is 11.1 Å². The first-order valence-electron chi connectivity index (χ1n) is 10.4. The lowest BCUT2D eigenvalue weighted by atomic mass is 9.97. The zero-order valence-electron chi connectivity index (χ0n) is 17.5. The van der Waals surface area contributed by atoms with Gasteiger partial charge in [0.15, 0.2) is 5.82 Å². The van der Waals surface area contributed by atoms with Crippen LogP contribution in [0.1, 0.15) is 29.5 Å². The Morgan fingerprint density at radius 3 is 2.77 bits per heavy atom. The number of hydrogen-bond acceptors (Lipinski definition) is 5. The third kappa shape index (κ3) is 4.64. The maximum atomic E-state index is 12.7. The predicted molar refractivity (Wildman–Crippen MR) is 118 cm³/mol. The molecule has 2 aromatic heterocycles.